The fourth-order valence-corrected chi connectivity index (χ4v) is 3.10. The molecule has 0 fully saturated rings. The summed E-state index contributed by atoms with van der Waals surface area (Å²) in [6, 6.07) is 3.94. The first-order valence-corrected chi connectivity index (χ1v) is 9.72. The number of nitrogens with zero attached hydrogens (tertiary/aromatic N) is 3. The third kappa shape index (κ3) is 5.67. The minimum absolute atomic E-state index is 0.210. The molecule has 32 heavy (non-hydrogen) atoms. The number of rotatable bonds is 7. The zero-order valence-corrected chi connectivity index (χ0v) is 17.7. The normalized spacial score (nSPS) is 12.2. The number of imidazole rings is 1. The van der Waals surface area contributed by atoms with Crippen LogP contribution in [0.3, 0.4) is 0 Å². The summed E-state index contributed by atoms with van der Waals surface area (Å²) in [5.74, 6) is -0.608. The van der Waals surface area contributed by atoms with Crippen molar-refractivity contribution in [2.75, 3.05) is 12.4 Å². The number of ether oxygens (including phenoxy) is 1. The maximum absolute atomic E-state index is 12.7. The van der Waals surface area contributed by atoms with Crippen LogP contribution < -0.4 is 15.6 Å². The molecule has 8 nitrogen and oxygen atoms in total. The van der Waals surface area contributed by atoms with E-state index in [2.05, 4.69) is 10.3 Å². The van der Waals surface area contributed by atoms with Crippen LogP contribution in [0.5, 0.6) is 5.75 Å². The number of aromatic nitrogens is 3. The molecule has 3 aromatic heterocycles. The Morgan fingerprint density at radius 3 is 2.62 bits per heavy atom. The average molecular weight is 452 g/mol. The van der Waals surface area contributed by atoms with E-state index in [1.54, 1.807) is 30.5 Å². The van der Waals surface area contributed by atoms with Crippen LogP contribution in [0, 0.1) is 0 Å². The molecule has 0 aliphatic heterocycles. The third-order valence-electron chi connectivity index (χ3n) is 4.68. The SMILES string of the molecule is COc1cc2nc(CCC(C)(C)O)cn2cc1NC(=O)c1cccn(CC(F)(F)F)c1=O. The number of carbonyl (C=O) groups excluding carboxylic acids is 1. The molecular formula is C21H23F3N4O4. The number of alkyl halides is 3. The van der Waals surface area contributed by atoms with E-state index in [1.165, 1.54) is 19.4 Å². The average Bonchev–Trinajstić information content (AvgIpc) is 3.07. The van der Waals surface area contributed by atoms with Gasteiger partial charge in [0.15, 0.2) is 0 Å². The lowest BCUT2D eigenvalue weighted by atomic mass is 10.0. The van der Waals surface area contributed by atoms with Crippen molar-refractivity contribution in [2.24, 2.45) is 0 Å². The smallest absolute Gasteiger partial charge is 0.406 e. The molecule has 3 heterocycles. The summed E-state index contributed by atoms with van der Waals surface area (Å²) >= 11 is 0. The van der Waals surface area contributed by atoms with Gasteiger partial charge in [-0.2, -0.15) is 13.2 Å². The Hall–Kier alpha value is -3.34. The van der Waals surface area contributed by atoms with Crippen LogP contribution in [0.4, 0.5) is 18.9 Å². The lowest BCUT2D eigenvalue weighted by Gasteiger charge is -2.15. The number of pyridine rings is 2. The Kier molecular flexibility index (Phi) is 6.31. The molecule has 2 N–H and O–H groups in total. The van der Waals surface area contributed by atoms with Crippen LogP contribution in [-0.4, -0.2) is 43.9 Å². The Morgan fingerprint density at radius 2 is 2.00 bits per heavy atom. The van der Waals surface area contributed by atoms with Crippen molar-refractivity contribution in [1.82, 2.24) is 14.0 Å². The molecule has 0 aromatic carbocycles. The molecule has 1 amide bonds. The number of halogens is 3. The second kappa shape index (κ2) is 8.65. The highest BCUT2D eigenvalue weighted by atomic mass is 19.4. The van der Waals surface area contributed by atoms with E-state index in [1.807, 2.05) is 0 Å². The molecule has 0 atom stereocenters. The van der Waals surface area contributed by atoms with Gasteiger partial charge in [-0.1, -0.05) is 0 Å². The van der Waals surface area contributed by atoms with Gasteiger partial charge in [0.25, 0.3) is 11.5 Å². The fourth-order valence-electron chi connectivity index (χ4n) is 3.10. The lowest BCUT2D eigenvalue weighted by Crippen LogP contribution is -2.32. The first kappa shape index (κ1) is 23.3. The van der Waals surface area contributed by atoms with Crippen LogP contribution in [0.15, 0.2) is 41.6 Å². The summed E-state index contributed by atoms with van der Waals surface area (Å²) < 4.78 is 45.4. The molecule has 0 aliphatic rings. The molecule has 0 saturated heterocycles. The fraction of sp³-hybridized carbons (Fsp3) is 0.381. The van der Waals surface area contributed by atoms with Crippen molar-refractivity contribution in [3.8, 4) is 5.75 Å². The first-order chi connectivity index (χ1) is 14.9. The van der Waals surface area contributed by atoms with Gasteiger partial charge in [-0.05, 0) is 38.8 Å². The number of methoxy groups -OCH3 is 1. The van der Waals surface area contributed by atoms with Crippen molar-refractivity contribution in [3.05, 3.63) is 58.4 Å². The monoisotopic (exact) mass is 452 g/mol. The van der Waals surface area contributed by atoms with Gasteiger partial charge in [0.1, 0.15) is 29.2 Å². The molecule has 0 aliphatic carbocycles. The highest BCUT2D eigenvalue weighted by Gasteiger charge is 2.29. The van der Waals surface area contributed by atoms with Crippen LogP contribution >= 0.6 is 0 Å². The van der Waals surface area contributed by atoms with Gasteiger partial charge in [-0.3, -0.25) is 9.59 Å². The van der Waals surface area contributed by atoms with Gasteiger partial charge in [0.05, 0.1) is 18.4 Å². The van der Waals surface area contributed by atoms with Gasteiger partial charge >= 0.3 is 6.18 Å². The number of aliphatic hydroxyl groups is 1. The van der Waals surface area contributed by atoms with E-state index in [0.717, 1.165) is 18.0 Å². The zero-order valence-electron chi connectivity index (χ0n) is 17.7. The van der Waals surface area contributed by atoms with Gasteiger partial charge in [0, 0.05) is 24.7 Å². The molecule has 3 aromatic rings. The summed E-state index contributed by atoms with van der Waals surface area (Å²) in [6.07, 6.45) is 0.657. The number of carbonyl (C=O) groups is 1. The van der Waals surface area contributed by atoms with Crippen molar-refractivity contribution in [3.63, 3.8) is 0 Å². The molecule has 0 radical (unpaired) electrons. The highest BCUT2D eigenvalue weighted by molar-refractivity contribution is 6.04. The summed E-state index contributed by atoms with van der Waals surface area (Å²) in [5, 5.41) is 12.4. The predicted octanol–water partition coefficient (Wildman–Crippen LogP) is 3.02. The predicted molar refractivity (Wildman–Crippen MR) is 111 cm³/mol. The summed E-state index contributed by atoms with van der Waals surface area (Å²) in [5.41, 5.74) is -0.869. The summed E-state index contributed by atoms with van der Waals surface area (Å²) in [4.78, 5) is 29.5. The molecule has 0 bridgehead atoms. The number of aryl methyl sites for hydroxylation is 1. The lowest BCUT2D eigenvalue weighted by molar-refractivity contribution is -0.141. The second-order valence-corrected chi connectivity index (χ2v) is 7.99. The minimum Gasteiger partial charge on any atom is -0.494 e. The van der Waals surface area contributed by atoms with Crippen LogP contribution in [0.1, 0.15) is 36.3 Å². The molecule has 0 unspecified atom stereocenters. The maximum Gasteiger partial charge on any atom is 0.406 e. The maximum atomic E-state index is 12.7. The number of anilines is 1. The van der Waals surface area contributed by atoms with E-state index in [0.29, 0.717) is 23.1 Å². The molecular weight excluding hydrogens is 429 g/mol. The molecule has 172 valence electrons. The quantitative estimate of drug-likeness (QED) is 0.574. The van der Waals surface area contributed by atoms with Crippen LogP contribution in [-0.2, 0) is 13.0 Å². The third-order valence-corrected chi connectivity index (χ3v) is 4.68. The summed E-state index contributed by atoms with van der Waals surface area (Å²) in [6.45, 7) is 1.90. The van der Waals surface area contributed by atoms with E-state index in [4.69, 9.17) is 4.74 Å². The zero-order chi connectivity index (χ0) is 23.7. The van der Waals surface area contributed by atoms with Crippen LogP contribution in [0.25, 0.3) is 5.65 Å². The van der Waals surface area contributed by atoms with Gasteiger partial charge in [-0.15, -0.1) is 0 Å². The molecule has 3 rings (SSSR count). The second-order valence-electron chi connectivity index (χ2n) is 7.99. The minimum atomic E-state index is -4.60. The topological polar surface area (TPSA) is 97.9 Å². The van der Waals surface area contributed by atoms with Crippen molar-refractivity contribution < 1.29 is 27.8 Å². The van der Waals surface area contributed by atoms with Gasteiger partial charge in [-0.25, -0.2) is 4.98 Å². The van der Waals surface area contributed by atoms with E-state index < -0.39 is 35.4 Å². The van der Waals surface area contributed by atoms with E-state index >= 15 is 0 Å². The number of nitrogens with one attached hydrogen (secondary N) is 1. The Bertz CT molecular complexity index is 1190. The highest BCUT2D eigenvalue weighted by Crippen LogP contribution is 2.27. The van der Waals surface area contributed by atoms with Crippen molar-refractivity contribution in [2.45, 2.75) is 45.0 Å². The van der Waals surface area contributed by atoms with Crippen molar-refractivity contribution in [1.29, 1.82) is 0 Å². The number of hydrogen-bond donors (Lipinski definition) is 2. The Morgan fingerprint density at radius 1 is 1.28 bits per heavy atom. The summed E-state index contributed by atoms with van der Waals surface area (Å²) in [7, 11) is 1.39. The van der Waals surface area contributed by atoms with Crippen molar-refractivity contribution >= 4 is 17.2 Å². The van der Waals surface area contributed by atoms with E-state index in [-0.39, 0.29) is 11.4 Å². The number of amides is 1. The molecule has 11 heteroatoms. The first-order valence-electron chi connectivity index (χ1n) is 9.72. The number of hydrogen-bond acceptors (Lipinski definition) is 5. The molecule has 0 saturated carbocycles. The van der Waals surface area contributed by atoms with Gasteiger partial charge in [0.2, 0.25) is 0 Å². The molecule has 0 spiro atoms. The Labute approximate surface area is 181 Å². The van der Waals surface area contributed by atoms with E-state index in [9.17, 15) is 27.9 Å². The standard InChI is InChI=1S/C21H23F3N4O4/c1-20(2,31)7-6-13-10-28-11-15(16(32-3)9-17(28)25-13)26-18(29)14-5-4-8-27(19(14)30)12-21(22,23)24/h4-5,8-11,31H,6-7,12H2,1-3H3,(H,26,29). The Balaban J connectivity index is 1.89. The number of fused-ring (bicyclic) bond motifs is 1. The van der Waals surface area contributed by atoms with Gasteiger partial charge < -0.3 is 24.1 Å². The largest absolute Gasteiger partial charge is 0.494 e. The van der Waals surface area contributed by atoms with Crippen LogP contribution in [0.2, 0.25) is 0 Å².